The summed E-state index contributed by atoms with van der Waals surface area (Å²) in [6.45, 7) is 0. The quantitative estimate of drug-likeness (QED) is 0.564. The van der Waals surface area contributed by atoms with E-state index in [1.165, 1.54) is 12.2 Å². The Morgan fingerprint density at radius 2 is 1.81 bits per heavy atom. The summed E-state index contributed by atoms with van der Waals surface area (Å²) in [6, 6.07) is 0. The first-order valence-corrected chi connectivity index (χ1v) is 4.89. The van der Waals surface area contributed by atoms with E-state index in [1.807, 2.05) is 18.2 Å². The Bertz CT molecular complexity index is 544. The average Bonchev–Trinajstić information content (AvgIpc) is 2.33. The van der Waals surface area contributed by atoms with Crippen molar-refractivity contribution in [1.82, 2.24) is 4.90 Å². The van der Waals surface area contributed by atoms with Gasteiger partial charge in [-0.25, -0.2) is 0 Å². The van der Waals surface area contributed by atoms with Gasteiger partial charge in [0, 0.05) is 17.5 Å². The minimum atomic E-state index is -0.173. The van der Waals surface area contributed by atoms with Gasteiger partial charge in [0.25, 0.3) is 0 Å². The molecule has 3 aliphatic rings. The molecule has 0 N–H and O–H groups in total. The minimum Gasteiger partial charge on any atom is -0.314 e. The number of ketones is 2. The molecule has 2 heterocycles. The molecule has 2 aliphatic heterocycles. The molecular weight excluding hydrogens is 202 g/mol. The van der Waals surface area contributed by atoms with E-state index < -0.39 is 0 Å². The number of carbonyl (C=O) groups is 2. The Kier molecular flexibility index (Phi) is 1.80. The third-order valence-corrected chi connectivity index (χ3v) is 2.60. The predicted molar refractivity (Wildman–Crippen MR) is 57.6 cm³/mol. The van der Waals surface area contributed by atoms with E-state index in [0.29, 0.717) is 11.3 Å². The normalized spacial score (nSPS) is 22.2. The van der Waals surface area contributed by atoms with Crippen LogP contribution in [0.25, 0.3) is 0 Å². The molecule has 2 radical (unpaired) electrons. The summed E-state index contributed by atoms with van der Waals surface area (Å²) in [5.74, 6) is -0.333. The Morgan fingerprint density at radius 1 is 1.00 bits per heavy atom. The Hall–Kier alpha value is -2.16. The number of hydrogen-bond acceptors (Lipinski definition) is 3. The first-order chi connectivity index (χ1) is 7.77. The molecule has 0 aromatic carbocycles. The summed E-state index contributed by atoms with van der Waals surface area (Å²) < 4.78 is 0. The van der Waals surface area contributed by atoms with Crippen molar-refractivity contribution in [3.05, 3.63) is 66.0 Å². The van der Waals surface area contributed by atoms with Crippen molar-refractivity contribution in [3.63, 3.8) is 0 Å². The lowest BCUT2D eigenvalue weighted by atomic mass is 9.92. The maximum atomic E-state index is 11.8. The summed E-state index contributed by atoms with van der Waals surface area (Å²) >= 11 is 0. The van der Waals surface area contributed by atoms with Crippen molar-refractivity contribution >= 4 is 11.6 Å². The Morgan fingerprint density at radius 3 is 2.69 bits per heavy atom. The Balaban J connectivity index is 2.13. The third-order valence-electron chi connectivity index (χ3n) is 2.60. The molecule has 0 atom stereocenters. The highest BCUT2D eigenvalue weighted by molar-refractivity contribution is 6.21. The fraction of sp³-hybridized carbons (Fsp3) is 0. The van der Waals surface area contributed by atoms with Gasteiger partial charge in [0.05, 0.1) is 6.42 Å². The molecule has 3 nitrogen and oxygen atoms in total. The molecule has 0 fully saturated rings. The fourth-order valence-electron chi connectivity index (χ4n) is 1.86. The second-order valence-electron chi connectivity index (χ2n) is 3.57. The van der Waals surface area contributed by atoms with Crippen molar-refractivity contribution in [2.75, 3.05) is 0 Å². The van der Waals surface area contributed by atoms with Gasteiger partial charge < -0.3 is 4.90 Å². The van der Waals surface area contributed by atoms with Crippen LogP contribution in [0.3, 0.4) is 0 Å². The van der Waals surface area contributed by atoms with Gasteiger partial charge in [-0.05, 0) is 30.4 Å². The smallest absolute Gasteiger partial charge is 0.203 e. The van der Waals surface area contributed by atoms with Crippen molar-refractivity contribution in [2.45, 2.75) is 0 Å². The number of carbonyl (C=O) groups excluding carboxylic acids is 2. The number of fused-ring (bicyclic) bond motifs is 2. The zero-order valence-corrected chi connectivity index (χ0v) is 8.31. The van der Waals surface area contributed by atoms with Crippen LogP contribution in [0.4, 0.5) is 0 Å². The van der Waals surface area contributed by atoms with Gasteiger partial charge in [-0.1, -0.05) is 6.08 Å². The molecule has 0 aromatic heterocycles. The molecule has 3 rings (SSSR count). The predicted octanol–water partition coefficient (Wildman–Crippen LogP) is 1.31. The highest BCUT2D eigenvalue weighted by atomic mass is 16.1. The maximum absolute atomic E-state index is 11.8. The van der Waals surface area contributed by atoms with Crippen LogP contribution in [0, 0.1) is 6.42 Å². The molecule has 16 heavy (non-hydrogen) atoms. The number of rotatable bonds is 0. The number of nitrogens with zero attached hydrogens (tertiary/aromatic N) is 1. The van der Waals surface area contributed by atoms with Crippen molar-refractivity contribution < 1.29 is 9.59 Å². The summed E-state index contributed by atoms with van der Waals surface area (Å²) in [5.41, 5.74) is 1.58. The lowest BCUT2D eigenvalue weighted by Crippen LogP contribution is -2.30. The van der Waals surface area contributed by atoms with E-state index >= 15 is 0 Å². The van der Waals surface area contributed by atoms with Gasteiger partial charge in [-0.2, -0.15) is 0 Å². The van der Waals surface area contributed by atoms with Gasteiger partial charge in [0.1, 0.15) is 5.70 Å². The average molecular weight is 209 g/mol. The zero-order chi connectivity index (χ0) is 11.1. The van der Waals surface area contributed by atoms with Gasteiger partial charge in [-0.3, -0.25) is 9.59 Å². The Labute approximate surface area is 92.7 Å². The van der Waals surface area contributed by atoms with E-state index in [0.717, 1.165) is 5.70 Å². The largest absolute Gasteiger partial charge is 0.314 e. The second-order valence-corrected chi connectivity index (χ2v) is 3.57. The van der Waals surface area contributed by atoms with Crippen LogP contribution in [0.2, 0.25) is 0 Å². The fourth-order valence-corrected chi connectivity index (χ4v) is 1.86. The molecule has 0 aromatic rings. The molecule has 0 saturated heterocycles. The van der Waals surface area contributed by atoms with Gasteiger partial charge >= 0.3 is 0 Å². The van der Waals surface area contributed by atoms with Gasteiger partial charge in [0.2, 0.25) is 5.78 Å². The lowest BCUT2D eigenvalue weighted by molar-refractivity contribution is -0.115. The number of allylic oxidation sites excluding steroid dienone is 7. The van der Waals surface area contributed by atoms with Gasteiger partial charge in [-0.15, -0.1) is 0 Å². The zero-order valence-electron chi connectivity index (χ0n) is 8.31. The third kappa shape index (κ3) is 1.15. The molecule has 76 valence electrons. The molecule has 0 saturated carbocycles. The maximum Gasteiger partial charge on any atom is 0.203 e. The van der Waals surface area contributed by atoms with Gasteiger partial charge in [0.15, 0.2) is 5.78 Å². The standard InChI is InChI=1S/C13H7NO2/c15-11-6-7-12(16)13-10(11)5-4-9-3-1-2-8-14(9)13/h1-4,6-8H. The van der Waals surface area contributed by atoms with Crippen molar-refractivity contribution in [3.8, 4) is 0 Å². The summed E-state index contributed by atoms with van der Waals surface area (Å²) in [7, 11) is 0. The molecular formula is C13H7NO2. The van der Waals surface area contributed by atoms with Crippen LogP contribution in [0.5, 0.6) is 0 Å². The first-order valence-electron chi connectivity index (χ1n) is 4.89. The van der Waals surface area contributed by atoms with Crippen LogP contribution in [-0.2, 0) is 9.59 Å². The van der Waals surface area contributed by atoms with Crippen LogP contribution >= 0.6 is 0 Å². The van der Waals surface area contributed by atoms with Crippen molar-refractivity contribution in [1.29, 1.82) is 0 Å². The molecule has 0 spiro atoms. The van der Waals surface area contributed by atoms with E-state index in [-0.39, 0.29) is 11.6 Å². The number of hydrogen-bond donors (Lipinski definition) is 0. The minimum absolute atomic E-state index is 0.160. The summed E-state index contributed by atoms with van der Waals surface area (Å²) in [4.78, 5) is 25.1. The van der Waals surface area contributed by atoms with E-state index in [1.54, 1.807) is 17.2 Å². The van der Waals surface area contributed by atoms with E-state index in [9.17, 15) is 9.59 Å². The highest BCUT2D eigenvalue weighted by Gasteiger charge is 2.30. The van der Waals surface area contributed by atoms with E-state index in [2.05, 4.69) is 6.42 Å². The van der Waals surface area contributed by atoms with Crippen molar-refractivity contribution in [2.24, 2.45) is 0 Å². The SMILES string of the molecule is O=C1C=CC(=O)C2=C1[C]C=C1C=CC=CN12. The molecule has 0 bridgehead atoms. The van der Waals surface area contributed by atoms with Crippen LogP contribution in [0.15, 0.2) is 59.6 Å². The summed E-state index contributed by atoms with van der Waals surface area (Å²) in [5, 5.41) is 0. The lowest BCUT2D eigenvalue weighted by Gasteiger charge is -2.31. The molecule has 3 heteroatoms. The second kappa shape index (κ2) is 3.17. The molecule has 0 unspecified atom stereocenters. The topological polar surface area (TPSA) is 37.4 Å². The van der Waals surface area contributed by atoms with Crippen LogP contribution < -0.4 is 0 Å². The molecule has 1 aliphatic carbocycles. The van der Waals surface area contributed by atoms with E-state index in [4.69, 9.17) is 0 Å². The summed E-state index contributed by atoms with van der Waals surface area (Å²) in [6.07, 6.45) is 14.5. The highest BCUT2D eigenvalue weighted by Crippen LogP contribution is 2.31. The van der Waals surface area contributed by atoms with Crippen LogP contribution in [0.1, 0.15) is 0 Å². The first kappa shape index (κ1) is 9.09. The van der Waals surface area contributed by atoms with Crippen LogP contribution in [-0.4, -0.2) is 16.5 Å². The molecule has 0 amide bonds. The monoisotopic (exact) mass is 209 g/mol.